The molecule has 0 amide bonds. The minimum absolute atomic E-state index is 0.0253. The summed E-state index contributed by atoms with van der Waals surface area (Å²) in [6.45, 7) is 13.2. The lowest BCUT2D eigenvalue weighted by atomic mass is 9.96. The lowest BCUT2D eigenvalue weighted by molar-refractivity contribution is 0.565. The third-order valence-corrected chi connectivity index (χ3v) is 7.61. The van der Waals surface area contributed by atoms with Gasteiger partial charge in [-0.1, -0.05) is 37.3 Å². The normalized spacial score (nSPS) is 17.5. The molecule has 0 radical (unpaired) electrons. The van der Waals surface area contributed by atoms with Gasteiger partial charge in [0.2, 0.25) is 0 Å². The van der Waals surface area contributed by atoms with Crippen LogP contribution in [0.4, 0.5) is 5.69 Å². The molecule has 36 heavy (non-hydrogen) atoms. The zero-order valence-corrected chi connectivity index (χ0v) is 22.8. The van der Waals surface area contributed by atoms with Crippen LogP contribution in [0.3, 0.4) is 0 Å². The van der Waals surface area contributed by atoms with Crippen LogP contribution in [-0.4, -0.2) is 14.7 Å². The summed E-state index contributed by atoms with van der Waals surface area (Å²) in [5.74, 6) is 0. The number of anilines is 1. The lowest BCUT2D eigenvalue weighted by Gasteiger charge is -2.29. The standard InChI is InChI=1S/C31H34N4S/c1-7-24-12-10-11-21(4)29(24)34-22(5)18-26(23(34)6)30-28(27-13-8-9-14-32-27)33-31(36)35(30)25-16-19(2)15-20(3)17-25/h8-18,28,30H,7H2,1-6H3,(H,33,36)/t28-,30-/m0/s1. The van der Waals surface area contributed by atoms with Gasteiger partial charge in [0.1, 0.15) is 0 Å². The largest absolute Gasteiger partial charge is 0.351 e. The number of thiocarbonyl (C=S) groups is 1. The van der Waals surface area contributed by atoms with Gasteiger partial charge in [-0.05, 0) is 111 Å². The maximum atomic E-state index is 5.98. The van der Waals surface area contributed by atoms with E-state index in [2.05, 4.69) is 105 Å². The zero-order chi connectivity index (χ0) is 25.6. The summed E-state index contributed by atoms with van der Waals surface area (Å²) in [5.41, 5.74) is 12.2. The Morgan fingerprint density at radius 3 is 2.33 bits per heavy atom. The number of hydrogen-bond donors (Lipinski definition) is 1. The molecule has 2 atom stereocenters. The number of nitrogens with one attached hydrogen (secondary N) is 1. The van der Waals surface area contributed by atoms with E-state index in [0.29, 0.717) is 0 Å². The Balaban J connectivity index is 1.73. The Morgan fingerprint density at radius 2 is 1.67 bits per heavy atom. The number of aryl methyl sites for hydroxylation is 5. The summed E-state index contributed by atoms with van der Waals surface area (Å²) in [6.07, 6.45) is 2.85. The van der Waals surface area contributed by atoms with Gasteiger partial charge in [0.05, 0.1) is 23.5 Å². The summed E-state index contributed by atoms with van der Waals surface area (Å²) in [7, 11) is 0. The van der Waals surface area contributed by atoms with Crippen molar-refractivity contribution in [3.8, 4) is 5.69 Å². The molecule has 3 heterocycles. The fourth-order valence-electron chi connectivity index (χ4n) is 5.79. The van der Waals surface area contributed by atoms with Gasteiger partial charge in [-0.3, -0.25) is 4.98 Å². The van der Waals surface area contributed by atoms with Crippen LogP contribution in [0.15, 0.2) is 66.9 Å². The Labute approximate surface area is 220 Å². The molecule has 1 N–H and O–H groups in total. The fourth-order valence-corrected chi connectivity index (χ4v) is 6.14. The van der Waals surface area contributed by atoms with Gasteiger partial charge in [0.25, 0.3) is 0 Å². The van der Waals surface area contributed by atoms with Crippen LogP contribution in [0, 0.1) is 34.6 Å². The van der Waals surface area contributed by atoms with Crippen LogP contribution in [0.2, 0.25) is 0 Å². The smallest absolute Gasteiger partial charge is 0.174 e. The Hall–Kier alpha value is -3.44. The predicted molar refractivity (Wildman–Crippen MR) is 153 cm³/mol. The molecule has 1 aliphatic rings. The van der Waals surface area contributed by atoms with E-state index in [9.17, 15) is 0 Å². The highest BCUT2D eigenvalue weighted by Gasteiger charge is 2.42. The maximum absolute atomic E-state index is 5.98. The summed E-state index contributed by atoms with van der Waals surface area (Å²) in [5, 5.41) is 4.35. The van der Waals surface area contributed by atoms with Crippen LogP contribution >= 0.6 is 12.2 Å². The van der Waals surface area contributed by atoms with Crippen LogP contribution in [-0.2, 0) is 6.42 Å². The molecule has 0 unspecified atom stereocenters. The average Bonchev–Trinajstić information content (AvgIpc) is 3.34. The molecule has 5 heteroatoms. The monoisotopic (exact) mass is 494 g/mol. The van der Waals surface area contributed by atoms with Crippen molar-refractivity contribution in [1.29, 1.82) is 0 Å². The fraction of sp³-hybridized carbons (Fsp3) is 0.290. The van der Waals surface area contributed by atoms with Crippen LogP contribution in [0.25, 0.3) is 5.69 Å². The number of para-hydroxylation sites is 1. The van der Waals surface area contributed by atoms with E-state index in [1.54, 1.807) is 0 Å². The highest BCUT2D eigenvalue weighted by molar-refractivity contribution is 7.80. The number of nitrogens with zero attached hydrogens (tertiary/aromatic N) is 3. The molecule has 5 rings (SSSR count). The summed E-state index contributed by atoms with van der Waals surface area (Å²) in [4.78, 5) is 7.03. The summed E-state index contributed by atoms with van der Waals surface area (Å²) < 4.78 is 2.43. The highest BCUT2D eigenvalue weighted by Crippen LogP contribution is 2.44. The van der Waals surface area contributed by atoms with Crippen molar-refractivity contribution in [3.05, 3.63) is 112 Å². The average molecular weight is 495 g/mol. The van der Waals surface area contributed by atoms with Gasteiger partial charge >= 0.3 is 0 Å². The molecule has 4 aromatic rings. The van der Waals surface area contributed by atoms with E-state index < -0.39 is 0 Å². The lowest BCUT2D eigenvalue weighted by Crippen LogP contribution is -2.29. The molecule has 4 nitrogen and oxygen atoms in total. The zero-order valence-electron chi connectivity index (χ0n) is 22.0. The van der Waals surface area contributed by atoms with Crippen LogP contribution in [0.1, 0.15) is 63.9 Å². The minimum Gasteiger partial charge on any atom is -0.351 e. The molecule has 0 aliphatic carbocycles. The predicted octanol–water partition coefficient (Wildman–Crippen LogP) is 7.15. The SMILES string of the molecule is CCc1cccc(C)c1-n1c(C)cc([C@H]2[C@H](c3ccccn3)NC(=S)N2c2cc(C)cc(C)c2)c1C. The van der Waals surface area contributed by atoms with Gasteiger partial charge in [-0.25, -0.2) is 0 Å². The molecule has 0 bridgehead atoms. The van der Waals surface area contributed by atoms with Crippen molar-refractivity contribution in [2.75, 3.05) is 4.90 Å². The number of benzene rings is 2. The Kier molecular flexibility index (Phi) is 6.44. The van der Waals surface area contributed by atoms with Gasteiger partial charge in [0, 0.05) is 23.3 Å². The second-order valence-electron chi connectivity index (χ2n) is 9.94. The van der Waals surface area contributed by atoms with Crippen LogP contribution in [0.5, 0.6) is 0 Å². The summed E-state index contributed by atoms with van der Waals surface area (Å²) in [6, 6.07) is 21.6. The number of aromatic nitrogens is 2. The molecule has 0 spiro atoms. The molecular weight excluding hydrogens is 460 g/mol. The van der Waals surface area contributed by atoms with Gasteiger partial charge in [0.15, 0.2) is 5.11 Å². The van der Waals surface area contributed by atoms with Crippen molar-refractivity contribution in [1.82, 2.24) is 14.9 Å². The van der Waals surface area contributed by atoms with E-state index in [1.165, 1.54) is 44.9 Å². The van der Waals surface area contributed by atoms with Crippen molar-refractivity contribution in [2.24, 2.45) is 0 Å². The van der Waals surface area contributed by atoms with Crippen molar-refractivity contribution in [3.63, 3.8) is 0 Å². The molecule has 2 aromatic heterocycles. The first-order valence-electron chi connectivity index (χ1n) is 12.7. The molecule has 1 aliphatic heterocycles. The molecule has 2 aromatic carbocycles. The molecule has 184 valence electrons. The van der Waals surface area contributed by atoms with Gasteiger partial charge in [-0.15, -0.1) is 0 Å². The quantitative estimate of drug-likeness (QED) is 0.299. The Morgan fingerprint density at radius 1 is 0.917 bits per heavy atom. The molecular formula is C31H34N4S. The minimum atomic E-state index is -0.0593. The molecule has 0 saturated carbocycles. The molecule has 1 fully saturated rings. The van der Waals surface area contributed by atoms with E-state index in [-0.39, 0.29) is 12.1 Å². The van der Waals surface area contributed by atoms with Crippen LogP contribution < -0.4 is 10.2 Å². The van der Waals surface area contributed by atoms with Crippen molar-refractivity contribution < 1.29 is 0 Å². The first kappa shape index (κ1) is 24.3. The third kappa shape index (κ3) is 4.11. The number of hydrogen-bond acceptors (Lipinski definition) is 2. The van der Waals surface area contributed by atoms with E-state index in [4.69, 9.17) is 17.2 Å². The second-order valence-corrected chi connectivity index (χ2v) is 10.3. The topological polar surface area (TPSA) is 33.1 Å². The first-order valence-corrected chi connectivity index (χ1v) is 13.1. The third-order valence-electron chi connectivity index (χ3n) is 7.30. The first-order chi connectivity index (χ1) is 17.3. The van der Waals surface area contributed by atoms with Crippen molar-refractivity contribution in [2.45, 2.75) is 60.0 Å². The summed E-state index contributed by atoms with van der Waals surface area (Å²) >= 11 is 5.98. The second kappa shape index (κ2) is 9.55. The number of rotatable bonds is 5. The van der Waals surface area contributed by atoms with E-state index in [1.807, 2.05) is 18.3 Å². The maximum Gasteiger partial charge on any atom is 0.174 e. The van der Waals surface area contributed by atoms with Gasteiger partial charge < -0.3 is 14.8 Å². The van der Waals surface area contributed by atoms with Crippen molar-refractivity contribution >= 4 is 23.0 Å². The molecule has 1 saturated heterocycles. The van der Waals surface area contributed by atoms with Gasteiger partial charge in [-0.2, -0.15) is 0 Å². The van der Waals surface area contributed by atoms with E-state index in [0.717, 1.165) is 22.9 Å². The highest BCUT2D eigenvalue weighted by atomic mass is 32.1. The number of pyridine rings is 1. The van der Waals surface area contributed by atoms with E-state index >= 15 is 0 Å². The Bertz CT molecular complexity index is 1420.